The fourth-order valence-corrected chi connectivity index (χ4v) is 2.64. The molecule has 0 aromatic carbocycles. The summed E-state index contributed by atoms with van der Waals surface area (Å²) in [6.07, 6.45) is 3.39. The van der Waals surface area contributed by atoms with Crippen molar-refractivity contribution in [2.45, 2.75) is 6.04 Å². The number of nitrogens with zero attached hydrogens (tertiary/aromatic N) is 1. The Morgan fingerprint density at radius 1 is 1.44 bits per heavy atom. The van der Waals surface area contributed by atoms with Crippen molar-refractivity contribution in [3.63, 3.8) is 0 Å². The zero-order chi connectivity index (χ0) is 11.4. The first-order chi connectivity index (χ1) is 7.75. The topological polar surface area (TPSA) is 48.1 Å². The zero-order valence-corrected chi connectivity index (χ0v) is 10.9. The van der Waals surface area contributed by atoms with Crippen molar-refractivity contribution < 1.29 is 4.74 Å². The number of thiophene rings is 1. The Labute approximate surface area is 106 Å². The summed E-state index contributed by atoms with van der Waals surface area (Å²) in [5.41, 5.74) is 6.00. The number of nitrogens with two attached hydrogens (primary N) is 1. The van der Waals surface area contributed by atoms with Crippen molar-refractivity contribution in [1.82, 2.24) is 4.98 Å². The van der Waals surface area contributed by atoms with Crippen LogP contribution in [0.2, 0.25) is 0 Å². The molecule has 2 aromatic heterocycles. The summed E-state index contributed by atoms with van der Waals surface area (Å²) >= 11 is 5.04. The van der Waals surface area contributed by atoms with E-state index in [9.17, 15) is 0 Å². The molecule has 0 radical (unpaired) electrons. The fraction of sp³-hybridized carbons (Fsp3) is 0.182. The first kappa shape index (κ1) is 11.6. The van der Waals surface area contributed by atoms with Crippen molar-refractivity contribution in [2.24, 2.45) is 5.73 Å². The van der Waals surface area contributed by atoms with E-state index in [2.05, 4.69) is 20.9 Å². The van der Waals surface area contributed by atoms with Crippen LogP contribution in [0.1, 0.15) is 10.9 Å². The van der Waals surface area contributed by atoms with Crippen molar-refractivity contribution in [1.29, 1.82) is 0 Å². The highest BCUT2D eigenvalue weighted by Gasteiger charge is 2.09. The second kappa shape index (κ2) is 5.43. The smallest absolute Gasteiger partial charge is 0.137 e. The van der Waals surface area contributed by atoms with Crippen LogP contribution in [0.3, 0.4) is 0 Å². The maximum atomic E-state index is 6.00. The van der Waals surface area contributed by atoms with Crippen molar-refractivity contribution in [2.75, 3.05) is 6.61 Å². The van der Waals surface area contributed by atoms with E-state index in [1.54, 1.807) is 23.7 Å². The molecule has 84 valence electrons. The lowest BCUT2D eigenvalue weighted by atomic mass is 10.3. The Kier molecular flexibility index (Phi) is 3.93. The van der Waals surface area contributed by atoms with Gasteiger partial charge in [-0.2, -0.15) is 0 Å². The highest BCUT2D eigenvalue weighted by Crippen LogP contribution is 2.26. The third-order valence-electron chi connectivity index (χ3n) is 2.02. The molecule has 2 heterocycles. The first-order valence-corrected chi connectivity index (χ1v) is 6.40. The fourth-order valence-electron chi connectivity index (χ4n) is 1.23. The van der Waals surface area contributed by atoms with Gasteiger partial charge in [-0.3, -0.25) is 4.98 Å². The molecule has 0 spiro atoms. The lowest BCUT2D eigenvalue weighted by Gasteiger charge is -2.10. The van der Waals surface area contributed by atoms with Gasteiger partial charge in [0.15, 0.2) is 0 Å². The summed E-state index contributed by atoms with van der Waals surface area (Å²) in [5.74, 6) is 0.744. The minimum atomic E-state index is -0.100. The molecule has 3 nitrogen and oxygen atoms in total. The molecule has 0 bridgehead atoms. The van der Waals surface area contributed by atoms with Crippen LogP contribution in [0.5, 0.6) is 5.75 Å². The maximum Gasteiger partial charge on any atom is 0.137 e. The van der Waals surface area contributed by atoms with Gasteiger partial charge in [-0.1, -0.05) is 0 Å². The molecule has 2 N–H and O–H groups in total. The molecule has 0 aliphatic rings. The van der Waals surface area contributed by atoms with E-state index < -0.39 is 0 Å². The number of ether oxygens (including phenoxy) is 1. The molecular formula is C11H11BrN2OS. The third kappa shape index (κ3) is 3.04. The predicted molar refractivity (Wildman–Crippen MR) is 68.7 cm³/mol. The number of hydrogen-bond donors (Lipinski definition) is 1. The third-order valence-corrected chi connectivity index (χ3v) is 3.78. The van der Waals surface area contributed by atoms with Gasteiger partial charge in [0.1, 0.15) is 12.4 Å². The number of pyridine rings is 1. The second-order valence-electron chi connectivity index (χ2n) is 3.25. The van der Waals surface area contributed by atoms with Crippen molar-refractivity contribution in [3.05, 3.63) is 45.3 Å². The average Bonchev–Trinajstić information content (AvgIpc) is 2.74. The molecule has 1 unspecified atom stereocenters. The van der Waals surface area contributed by atoms with Crippen LogP contribution in [0.15, 0.2) is 40.4 Å². The molecule has 2 aromatic rings. The van der Waals surface area contributed by atoms with Crippen LogP contribution >= 0.6 is 27.3 Å². The zero-order valence-electron chi connectivity index (χ0n) is 8.47. The van der Waals surface area contributed by atoms with Crippen molar-refractivity contribution in [3.8, 4) is 5.75 Å². The molecule has 0 aliphatic heterocycles. The van der Waals surface area contributed by atoms with Crippen molar-refractivity contribution >= 4 is 27.3 Å². The molecule has 0 saturated carbocycles. The van der Waals surface area contributed by atoms with Crippen LogP contribution in [-0.2, 0) is 0 Å². The second-order valence-corrected chi connectivity index (χ2v) is 5.74. The van der Waals surface area contributed by atoms with Gasteiger partial charge in [-0.05, 0) is 40.2 Å². The maximum absolute atomic E-state index is 6.00. The van der Waals surface area contributed by atoms with Gasteiger partial charge in [-0.15, -0.1) is 11.3 Å². The highest BCUT2D eigenvalue weighted by atomic mass is 79.9. The van der Waals surface area contributed by atoms with Crippen LogP contribution in [0.25, 0.3) is 0 Å². The van der Waals surface area contributed by atoms with Gasteiger partial charge in [0.2, 0.25) is 0 Å². The number of rotatable bonds is 4. The first-order valence-electron chi connectivity index (χ1n) is 4.79. The van der Waals surface area contributed by atoms with Gasteiger partial charge in [0, 0.05) is 11.1 Å². The average molecular weight is 299 g/mol. The Hall–Kier alpha value is -0.910. The van der Waals surface area contributed by atoms with Gasteiger partial charge >= 0.3 is 0 Å². The highest BCUT2D eigenvalue weighted by molar-refractivity contribution is 9.11. The van der Waals surface area contributed by atoms with Gasteiger partial charge < -0.3 is 10.5 Å². The minimum absolute atomic E-state index is 0.100. The van der Waals surface area contributed by atoms with E-state index in [4.69, 9.17) is 10.5 Å². The van der Waals surface area contributed by atoms with E-state index in [-0.39, 0.29) is 6.04 Å². The molecule has 2 rings (SSSR count). The summed E-state index contributed by atoms with van der Waals surface area (Å²) in [5, 5.41) is 0. The summed E-state index contributed by atoms with van der Waals surface area (Å²) in [6.45, 7) is 0.457. The number of halogens is 1. The molecule has 0 saturated heterocycles. The number of aromatic nitrogens is 1. The SMILES string of the molecule is NC(COc1cccnc1)c1ccc(Br)s1. The van der Waals surface area contributed by atoms with Crippen LogP contribution in [0.4, 0.5) is 0 Å². The Bertz CT molecular complexity index is 446. The normalized spacial score (nSPS) is 12.4. The Morgan fingerprint density at radius 2 is 2.31 bits per heavy atom. The van der Waals surface area contributed by atoms with Gasteiger partial charge in [0.25, 0.3) is 0 Å². The Balaban J connectivity index is 1.91. The summed E-state index contributed by atoms with van der Waals surface area (Å²) in [6, 6.07) is 7.60. The molecule has 0 fully saturated rings. The van der Waals surface area contributed by atoms with E-state index >= 15 is 0 Å². The predicted octanol–water partition coefficient (Wildman–Crippen LogP) is 2.98. The monoisotopic (exact) mass is 298 g/mol. The molecule has 16 heavy (non-hydrogen) atoms. The lowest BCUT2D eigenvalue weighted by molar-refractivity contribution is 0.291. The molecule has 1 atom stereocenters. The lowest BCUT2D eigenvalue weighted by Crippen LogP contribution is -2.17. The Morgan fingerprint density at radius 3 is 2.94 bits per heavy atom. The standard InChI is InChI=1S/C11H11BrN2OS/c12-11-4-3-10(16-11)9(13)7-15-8-2-1-5-14-6-8/h1-6,9H,7,13H2. The molecule has 0 aliphatic carbocycles. The molecule has 5 heteroatoms. The molecule has 0 amide bonds. The number of hydrogen-bond acceptors (Lipinski definition) is 4. The van der Waals surface area contributed by atoms with Gasteiger partial charge in [-0.25, -0.2) is 0 Å². The molecular weight excluding hydrogens is 288 g/mol. The van der Waals surface area contributed by atoms with Crippen LogP contribution < -0.4 is 10.5 Å². The van der Waals surface area contributed by atoms with Gasteiger partial charge in [0.05, 0.1) is 16.0 Å². The van der Waals surface area contributed by atoms with E-state index in [1.807, 2.05) is 24.3 Å². The summed E-state index contributed by atoms with van der Waals surface area (Å²) in [4.78, 5) is 5.08. The van der Waals surface area contributed by atoms with E-state index in [0.29, 0.717) is 6.61 Å². The van der Waals surface area contributed by atoms with E-state index in [0.717, 1.165) is 14.4 Å². The summed E-state index contributed by atoms with van der Waals surface area (Å²) in [7, 11) is 0. The van der Waals surface area contributed by atoms with Crippen LogP contribution in [-0.4, -0.2) is 11.6 Å². The quantitative estimate of drug-likeness (QED) is 0.944. The minimum Gasteiger partial charge on any atom is -0.490 e. The summed E-state index contributed by atoms with van der Waals surface area (Å²) < 4.78 is 6.62. The largest absolute Gasteiger partial charge is 0.490 e. The van der Waals surface area contributed by atoms with Crippen LogP contribution in [0, 0.1) is 0 Å². The van der Waals surface area contributed by atoms with E-state index in [1.165, 1.54) is 0 Å².